The summed E-state index contributed by atoms with van der Waals surface area (Å²) in [5, 5.41) is 1.38. The van der Waals surface area contributed by atoms with Crippen LogP contribution in [0.15, 0.2) is 71.8 Å². The van der Waals surface area contributed by atoms with Crippen LogP contribution in [0.5, 0.6) is 5.75 Å². The molecule has 0 aliphatic carbocycles. The van der Waals surface area contributed by atoms with E-state index in [-0.39, 0.29) is 11.2 Å². The third kappa shape index (κ3) is 4.59. The number of rotatable bonds is 6. The minimum Gasteiger partial charge on any atom is -0.490 e. The largest absolute Gasteiger partial charge is 0.493 e. The van der Waals surface area contributed by atoms with Crippen molar-refractivity contribution >= 4 is 20.4 Å². The Morgan fingerprint density at radius 2 is 1.39 bits per heavy atom. The monoisotopic (exact) mass is 394 g/mol. The molecule has 3 nitrogen and oxygen atoms in total. The molecule has 0 aromatic heterocycles. The molecule has 1 heterocycles. The highest BCUT2D eigenvalue weighted by molar-refractivity contribution is 6.94. The zero-order valence-electron chi connectivity index (χ0n) is 17.9. The van der Waals surface area contributed by atoms with Gasteiger partial charge >= 0.3 is 7.12 Å². The second-order valence-electron chi connectivity index (χ2n) is 9.00. The molecule has 2 aromatic rings. The summed E-state index contributed by atoms with van der Waals surface area (Å²) in [7, 11) is -2.24. The molecular formula is C23H31BO3Si. The number of benzene rings is 2. The first-order chi connectivity index (χ1) is 13.1. The third-order valence-corrected chi connectivity index (χ3v) is 8.68. The van der Waals surface area contributed by atoms with Crippen molar-refractivity contribution in [1.82, 2.24) is 0 Å². The van der Waals surface area contributed by atoms with Gasteiger partial charge in [-0.1, -0.05) is 72.5 Å². The van der Waals surface area contributed by atoms with Gasteiger partial charge in [0.05, 0.1) is 11.2 Å². The van der Waals surface area contributed by atoms with Crippen molar-refractivity contribution in [3.8, 4) is 5.75 Å². The molecular weight excluding hydrogens is 363 g/mol. The molecule has 0 atom stereocenters. The summed E-state index contributed by atoms with van der Waals surface area (Å²) in [5.41, 5.74) is 2.68. The van der Waals surface area contributed by atoms with Gasteiger partial charge in [0.2, 0.25) is 0 Å². The number of hydrogen-bond donors (Lipinski definition) is 0. The lowest BCUT2D eigenvalue weighted by molar-refractivity contribution is 0.00578. The van der Waals surface area contributed by atoms with Crippen LogP contribution in [0.3, 0.4) is 0 Å². The molecule has 0 radical (unpaired) electrons. The summed E-state index contributed by atoms with van der Waals surface area (Å²) in [6.07, 6.45) is 0. The van der Waals surface area contributed by atoms with Gasteiger partial charge in [0.15, 0.2) is 0 Å². The minimum atomic E-state index is -1.84. The van der Waals surface area contributed by atoms with Crippen molar-refractivity contribution in [2.24, 2.45) is 0 Å². The standard InChI is InChI=1S/C23H31BO3Si/c1-22(2)23(3,4)27-24(26-22)19(17-25-20-13-9-7-10-14-20)18-28(5,6)21-15-11-8-12-16-21/h7-16,18H,17H2,1-6H3/b19-18-. The summed E-state index contributed by atoms with van der Waals surface area (Å²) >= 11 is 0. The van der Waals surface area contributed by atoms with Gasteiger partial charge in [-0.3, -0.25) is 0 Å². The maximum absolute atomic E-state index is 6.35. The van der Waals surface area contributed by atoms with Crippen LogP contribution in [0.25, 0.3) is 0 Å². The van der Waals surface area contributed by atoms with Crippen LogP contribution in [0.1, 0.15) is 27.7 Å². The lowest BCUT2D eigenvalue weighted by atomic mass is 9.80. The average Bonchev–Trinajstić information content (AvgIpc) is 2.87. The van der Waals surface area contributed by atoms with E-state index in [1.165, 1.54) is 5.19 Å². The second kappa shape index (κ2) is 7.90. The zero-order chi connectivity index (χ0) is 20.4. The van der Waals surface area contributed by atoms with Crippen molar-refractivity contribution in [2.45, 2.75) is 52.0 Å². The van der Waals surface area contributed by atoms with Crippen LogP contribution in [-0.2, 0) is 9.31 Å². The van der Waals surface area contributed by atoms with Crippen LogP contribution >= 0.6 is 0 Å². The quantitative estimate of drug-likeness (QED) is 0.660. The van der Waals surface area contributed by atoms with Crippen LogP contribution in [0.2, 0.25) is 13.1 Å². The topological polar surface area (TPSA) is 27.7 Å². The van der Waals surface area contributed by atoms with Gasteiger partial charge < -0.3 is 14.0 Å². The van der Waals surface area contributed by atoms with E-state index < -0.39 is 15.2 Å². The molecule has 1 fully saturated rings. The van der Waals surface area contributed by atoms with Gasteiger partial charge in [-0.05, 0) is 45.3 Å². The van der Waals surface area contributed by atoms with E-state index in [1.54, 1.807) is 0 Å². The van der Waals surface area contributed by atoms with Gasteiger partial charge in [0.1, 0.15) is 20.4 Å². The number of hydrogen-bond acceptors (Lipinski definition) is 3. The van der Waals surface area contributed by atoms with Crippen LogP contribution in [-0.4, -0.2) is 33.0 Å². The summed E-state index contributed by atoms with van der Waals surface area (Å²) in [6, 6.07) is 20.6. The maximum Gasteiger partial charge on any atom is 0.493 e. The van der Waals surface area contributed by atoms with Crippen LogP contribution < -0.4 is 9.92 Å². The molecule has 0 amide bonds. The van der Waals surface area contributed by atoms with Crippen molar-refractivity contribution in [3.05, 3.63) is 71.8 Å². The molecule has 0 unspecified atom stereocenters. The number of para-hydroxylation sites is 1. The van der Waals surface area contributed by atoms with E-state index in [2.05, 4.69) is 76.8 Å². The van der Waals surface area contributed by atoms with Crippen molar-refractivity contribution in [1.29, 1.82) is 0 Å². The Morgan fingerprint density at radius 3 is 1.93 bits per heavy atom. The smallest absolute Gasteiger partial charge is 0.490 e. The van der Waals surface area contributed by atoms with E-state index in [4.69, 9.17) is 14.0 Å². The summed E-state index contributed by atoms with van der Waals surface area (Å²) in [5.74, 6) is 0.851. The van der Waals surface area contributed by atoms with Gasteiger partial charge in [0, 0.05) is 0 Å². The lowest BCUT2D eigenvalue weighted by Crippen LogP contribution is -2.41. The van der Waals surface area contributed by atoms with E-state index in [9.17, 15) is 0 Å². The lowest BCUT2D eigenvalue weighted by Gasteiger charge is -2.32. The Morgan fingerprint density at radius 1 is 0.893 bits per heavy atom. The molecule has 1 saturated heterocycles. The van der Waals surface area contributed by atoms with Crippen molar-refractivity contribution in [2.75, 3.05) is 6.61 Å². The Kier molecular flexibility index (Phi) is 5.90. The molecule has 0 N–H and O–H groups in total. The third-order valence-electron chi connectivity index (χ3n) is 5.77. The molecule has 0 spiro atoms. The van der Waals surface area contributed by atoms with E-state index >= 15 is 0 Å². The zero-order valence-corrected chi connectivity index (χ0v) is 18.9. The molecule has 28 heavy (non-hydrogen) atoms. The highest BCUT2D eigenvalue weighted by Crippen LogP contribution is 2.38. The first kappa shape index (κ1) is 20.9. The van der Waals surface area contributed by atoms with E-state index in [1.807, 2.05) is 30.3 Å². The fourth-order valence-corrected chi connectivity index (χ4v) is 5.63. The molecule has 148 valence electrons. The predicted octanol–water partition coefficient (Wildman–Crippen LogP) is 4.78. The Balaban J connectivity index is 1.90. The molecule has 1 aliphatic heterocycles. The molecule has 0 bridgehead atoms. The summed E-state index contributed by atoms with van der Waals surface area (Å²) in [6.45, 7) is 13.5. The second-order valence-corrected chi connectivity index (χ2v) is 13.3. The molecule has 2 aromatic carbocycles. The molecule has 5 heteroatoms. The van der Waals surface area contributed by atoms with Crippen LogP contribution in [0, 0.1) is 0 Å². The SMILES string of the molecule is CC1(C)OB(/C(=C\[Si](C)(C)c2ccccc2)COc2ccccc2)OC1(C)C. The molecule has 1 aliphatic rings. The van der Waals surface area contributed by atoms with Gasteiger partial charge in [-0.15, -0.1) is 0 Å². The maximum atomic E-state index is 6.35. The summed E-state index contributed by atoms with van der Waals surface area (Å²) in [4.78, 5) is 0. The Labute approximate surface area is 170 Å². The minimum absolute atomic E-state index is 0.373. The fourth-order valence-electron chi connectivity index (χ4n) is 3.27. The van der Waals surface area contributed by atoms with Crippen molar-refractivity contribution < 1.29 is 14.0 Å². The number of ether oxygens (including phenoxy) is 1. The fraction of sp³-hybridized carbons (Fsp3) is 0.391. The predicted molar refractivity (Wildman–Crippen MR) is 120 cm³/mol. The normalized spacial score (nSPS) is 18.9. The summed E-state index contributed by atoms with van der Waals surface area (Å²) < 4.78 is 18.8. The highest BCUT2D eigenvalue weighted by atomic mass is 28.3. The van der Waals surface area contributed by atoms with Gasteiger partial charge in [-0.2, -0.15) is 0 Å². The Bertz CT molecular complexity index is 800. The van der Waals surface area contributed by atoms with Crippen LogP contribution in [0.4, 0.5) is 0 Å². The first-order valence-corrected chi connectivity index (χ1v) is 13.0. The first-order valence-electron chi connectivity index (χ1n) is 9.91. The van der Waals surface area contributed by atoms with Crippen molar-refractivity contribution in [3.63, 3.8) is 0 Å². The molecule has 0 saturated carbocycles. The van der Waals surface area contributed by atoms with E-state index in [0.717, 1.165) is 11.2 Å². The van der Waals surface area contributed by atoms with Gasteiger partial charge in [0.25, 0.3) is 0 Å². The average molecular weight is 394 g/mol. The van der Waals surface area contributed by atoms with E-state index in [0.29, 0.717) is 6.61 Å². The van der Waals surface area contributed by atoms with Gasteiger partial charge in [-0.25, -0.2) is 0 Å². The highest BCUT2D eigenvalue weighted by Gasteiger charge is 2.52. The molecule has 3 rings (SSSR count). The Hall–Kier alpha value is -1.82.